The number of aromatic nitrogens is 2. The van der Waals surface area contributed by atoms with Gasteiger partial charge in [0.25, 0.3) is 5.91 Å². The normalized spacial score (nSPS) is 19.0. The quantitative estimate of drug-likeness (QED) is 0.870. The van der Waals surface area contributed by atoms with E-state index in [-0.39, 0.29) is 5.91 Å². The molecule has 0 spiro atoms. The molecule has 2 heterocycles. The predicted molar refractivity (Wildman–Crippen MR) is 83.3 cm³/mol. The maximum Gasteiger partial charge on any atom is 0.254 e. The van der Waals surface area contributed by atoms with Gasteiger partial charge in [0.15, 0.2) is 0 Å². The average molecular weight is 299 g/mol. The molecule has 1 aliphatic rings. The Hall–Kier alpha value is -2.17. The van der Waals surface area contributed by atoms with Crippen molar-refractivity contribution >= 4 is 5.91 Å². The van der Waals surface area contributed by atoms with E-state index in [9.17, 15) is 4.79 Å². The third-order valence-electron chi connectivity index (χ3n) is 4.36. The SMILES string of the molecule is CC[C@H]1CCCCCN1C(=O)c1ccc(-c2ncon2)cc1. The van der Waals surface area contributed by atoms with Gasteiger partial charge in [0.05, 0.1) is 0 Å². The monoisotopic (exact) mass is 299 g/mol. The lowest BCUT2D eigenvalue weighted by Crippen LogP contribution is -2.39. The molecule has 0 unspecified atom stereocenters. The van der Waals surface area contributed by atoms with Gasteiger partial charge < -0.3 is 9.42 Å². The second kappa shape index (κ2) is 6.73. The van der Waals surface area contributed by atoms with Gasteiger partial charge >= 0.3 is 0 Å². The van der Waals surface area contributed by atoms with Gasteiger partial charge in [-0.3, -0.25) is 4.79 Å². The number of carbonyl (C=O) groups excluding carboxylic acids is 1. The van der Waals surface area contributed by atoms with E-state index in [1.807, 2.05) is 24.3 Å². The van der Waals surface area contributed by atoms with E-state index in [0.717, 1.165) is 36.9 Å². The minimum Gasteiger partial charge on any atom is -0.342 e. The summed E-state index contributed by atoms with van der Waals surface area (Å²) in [5, 5.41) is 3.81. The van der Waals surface area contributed by atoms with Gasteiger partial charge in [-0.25, -0.2) is 0 Å². The van der Waals surface area contributed by atoms with Gasteiger partial charge in [-0.1, -0.05) is 37.1 Å². The van der Waals surface area contributed by atoms with E-state index >= 15 is 0 Å². The Balaban J connectivity index is 1.79. The summed E-state index contributed by atoms with van der Waals surface area (Å²) < 4.78 is 4.75. The van der Waals surface area contributed by atoms with E-state index in [1.54, 1.807) is 0 Å². The van der Waals surface area contributed by atoms with Crippen LogP contribution in [0.3, 0.4) is 0 Å². The first kappa shape index (κ1) is 14.8. The molecule has 5 heteroatoms. The molecule has 2 aromatic rings. The Morgan fingerprint density at radius 2 is 2.09 bits per heavy atom. The first-order chi connectivity index (χ1) is 10.8. The van der Waals surface area contributed by atoms with E-state index in [0.29, 0.717) is 11.9 Å². The molecular weight excluding hydrogens is 278 g/mol. The van der Waals surface area contributed by atoms with Crippen LogP contribution in [0.25, 0.3) is 11.4 Å². The lowest BCUT2D eigenvalue weighted by molar-refractivity contribution is 0.0678. The van der Waals surface area contributed by atoms with Gasteiger partial charge in [0, 0.05) is 23.7 Å². The summed E-state index contributed by atoms with van der Waals surface area (Å²) in [5.74, 6) is 0.675. The fourth-order valence-electron chi connectivity index (χ4n) is 3.09. The molecule has 1 amide bonds. The van der Waals surface area contributed by atoms with Crippen LogP contribution in [0, 0.1) is 0 Å². The number of benzene rings is 1. The molecule has 0 saturated carbocycles. The second-order valence-corrected chi connectivity index (χ2v) is 5.74. The summed E-state index contributed by atoms with van der Waals surface area (Å²) in [7, 11) is 0. The van der Waals surface area contributed by atoms with E-state index in [4.69, 9.17) is 4.52 Å². The third kappa shape index (κ3) is 3.03. The maximum absolute atomic E-state index is 12.8. The Morgan fingerprint density at radius 1 is 1.27 bits per heavy atom. The molecule has 1 aliphatic heterocycles. The van der Waals surface area contributed by atoms with Gasteiger partial charge in [-0.05, 0) is 31.4 Å². The molecule has 5 nitrogen and oxygen atoms in total. The van der Waals surface area contributed by atoms with Crippen molar-refractivity contribution in [1.82, 2.24) is 15.0 Å². The summed E-state index contributed by atoms with van der Waals surface area (Å²) in [6, 6.07) is 7.82. The number of hydrogen-bond acceptors (Lipinski definition) is 4. The zero-order chi connectivity index (χ0) is 15.4. The summed E-state index contributed by atoms with van der Waals surface area (Å²) in [6.07, 6.45) is 6.98. The highest BCUT2D eigenvalue weighted by Crippen LogP contribution is 2.22. The van der Waals surface area contributed by atoms with Crippen LogP contribution in [0.5, 0.6) is 0 Å². The first-order valence-electron chi connectivity index (χ1n) is 7.97. The molecule has 0 bridgehead atoms. The lowest BCUT2D eigenvalue weighted by atomic mass is 10.1. The topological polar surface area (TPSA) is 59.2 Å². The summed E-state index contributed by atoms with van der Waals surface area (Å²) in [4.78, 5) is 18.9. The van der Waals surface area contributed by atoms with Crippen LogP contribution in [-0.4, -0.2) is 33.5 Å². The Kier molecular flexibility index (Phi) is 4.51. The van der Waals surface area contributed by atoms with Crippen LogP contribution in [0.4, 0.5) is 0 Å². The van der Waals surface area contributed by atoms with Crippen molar-refractivity contribution in [2.45, 2.75) is 45.1 Å². The number of likely N-dealkylation sites (tertiary alicyclic amines) is 1. The molecule has 1 fully saturated rings. The zero-order valence-corrected chi connectivity index (χ0v) is 12.9. The van der Waals surface area contributed by atoms with Crippen molar-refractivity contribution in [3.05, 3.63) is 36.2 Å². The highest BCUT2D eigenvalue weighted by Gasteiger charge is 2.24. The molecule has 22 heavy (non-hydrogen) atoms. The number of rotatable bonds is 3. The first-order valence-corrected chi connectivity index (χ1v) is 7.97. The van der Waals surface area contributed by atoms with E-state index < -0.39 is 0 Å². The van der Waals surface area contributed by atoms with Crippen molar-refractivity contribution in [2.75, 3.05) is 6.54 Å². The van der Waals surface area contributed by atoms with Gasteiger partial charge in [0.2, 0.25) is 12.2 Å². The number of amides is 1. The summed E-state index contributed by atoms with van der Waals surface area (Å²) in [6.45, 7) is 3.03. The fourth-order valence-corrected chi connectivity index (χ4v) is 3.09. The van der Waals surface area contributed by atoms with Crippen molar-refractivity contribution in [1.29, 1.82) is 0 Å². The second-order valence-electron chi connectivity index (χ2n) is 5.74. The molecule has 116 valence electrons. The van der Waals surface area contributed by atoms with E-state index in [1.165, 1.54) is 19.2 Å². The minimum atomic E-state index is 0.133. The Labute approximate surface area is 130 Å². The summed E-state index contributed by atoms with van der Waals surface area (Å²) in [5.41, 5.74) is 1.58. The average Bonchev–Trinajstić information content (AvgIpc) is 2.99. The number of carbonyl (C=O) groups is 1. The number of nitrogens with zero attached hydrogens (tertiary/aromatic N) is 3. The Morgan fingerprint density at radius 3 is 2.77 bits per heavy atom. The molecule has 1 saturated heterocycles. The highest BCUT2D eigenvalue weighted by atomic mass is 16.5. The van der Waals surface area contributed by atoms with E-state index in [2.05, 4.69) is 22.0 Å². The van der Waals surface area contributed by atoms with Crippen molar-refractivity contribution in [2.24, 2.45) is 0 Å². The number of hydrogen-bond donors (Lipinski definition) is 0. The lowest BCUT2D eigenvalue weighted by Gasteiger charge is -2.29. The molecule has 1 aromatic heterocycles. The maximum atomic E-state index is 12.8. The highest BCUT2D eigenvalue weighted by molar-refractivity contribution is 5.94. The largest absolute Gasteiger partial charge is 0.342 e. The molecule has 3 rings (SSSR count). The molecular formula is C17H21N3O2. The van der Waals surface area contributed by atoms with Crippen molar-refractivity contribution in [3.8, 4) is 11.4 Å². The van der Waals surface area contributed by atoms with Gasteiger partial charge in [-0.2, -0.15) is 4.98 Å². The zero-order valence-electron chi connectivity index (χ0n) is 12.9. The predicted octanol–water partition coefficient (Wildman–Crippen LogP) is 3.53. The van der Waals surface area contributed by atoms with Gasteiger partial charge in [-0.15, -0.1) is 0 Å². The smallest absolute Gasteiger partial charge is 0.254 e. The molecule has 0 N–H and O–H groups in total. The third-order valence-corrected chi connectivity index (χ3v) is 4.36. The van der Waals surface area contributed by atoms with Crippen LogP contribution < -0.4 is 0 Å². The fraction of sp³-hybridized carbons (Fsp3) is 0.471. The molecule has 1 atom stereocenters. The molecule has 0 aliphatic carbocycles. The van der Waals surface area contributed by atoms with Crippen LogP contribution in [0.15, 0.2) is 35.2 Å². The van der Waals surface area contributed by atoms with Crippen molar-refractivity contribution in [3.63, 3.8) is 0 Å². The van der Waals surface area contributed by atoms with Crippen LogP contribution >= 0.6 is 0 Å². The Bertz CT molecular complexity index is 607. The van der Waals surface area contributed by atoms with Crippen LogP contribution in [0.2, 0.25) is 0 Å². The van der Waals surface area contributed by atoms with Crippen LogP contribution in [-0.2, 0) is 0 Å². The summed E-state index contributed by atoms with van der Waals surface area (Å²) >= 11 is 0. The van der Waals surface area contributed by atoms with Gasteiger partial charge in [0.1, 0.15) is 0 Å². The molecule has 1 aromatic carbocycles. The van der Waals surface area contributed by atoms with Crippen LogP contribution in [0.1, 0.15) is 49.4 Å². The van der Waals surface area contributed by atoms with Crippen molar-refractivity contribution < 1.29 is 9.32 Å². The molecule has 0 radical (unpaired) electrons. The minimum absolute atomic E-state index is 0.133. The standard InChI is InChI=1S/C17H21N3O2/c1-2-15-6-4-3-5-11-20(15)17(21)14-9-7-13(8-10-14)16-18-12-22-19-16/h7-10,12,15H,2-6,11H2,1H3/t15-/m0/s1.